The van der Waals surface area contributed by atoms with Crippen LogP contribution in [0.2, 0.25) is 5.02 Å². The zero-order valence-electron chi connectivity index (χ0n) is 9.70. The number of rotatable bonds is 3. The van der Waals surface area contributed by atoms with Gasteiger partial charge in [0.15, 0.2) is 5.78 Å². The third kappa shape index (κ3) is 4.93. The minimum atomic E-state index is -0.436. The van der Waals surface area contributed by atoms with Crippen molar-refractivity contribution in [3.63, 3.8) is 0 Å². The van der Waals surface area contributed by atoms with Crippen molar-refractivity contribution < 1.29 is 9.90 Å². The minimum Gasteiger partial charge on any atom is -0.510 e. The van der Waals surface area contributed by atoms with E-state index in [0.29, 0.717) is 5.02 Å². The fourth-order valence-electron chi connectivity index (χ4n) is 1.23. The van der Waals surface area contributed by atoms with Crippen LogP contribution < -0.4 is 0 Å². The van der Waals surface area contributed by atoms with Crippen LogP contribution in [0.1, 0.15) is 12.5 Å². The van der Waals surface area contributed by atoms with Gasteiger partial charge in [0, 0.05) is 41.0 Å². The molecular weight excluding hydrogens is 249 g/mol. The summed E-state index contributed by atoms with van der Waals surface area (Å²) < 4.78 is 0. The summed E-state index contributed by atoms with van der Waals surface area (Å²) in [5.41, 5.74) is 0.589. The molecule has 1 N–H and O–H groups in total. The third-order valence-corrected chi connectivity index (χ3v) is 2.29. The summed E-state index contributed by atoms with van der Waals surface area (Å²) in [7, 11) is 0. The number of benzene rings is 1. The summed E-state index contributed by atoms with van der Waals surface area (Å²) in [4.78, 5) is 11.0. The molecule has 83 valence electrons. The molecule has 3 nitrogen and oxygen atoms in total. The predicted molar refractivity (Wildman–Crippen MR) is 66.9 cm³/mol. The Balaban J connectivity index is 0.00000256. The zero-order chi connectivity index (χ0) is 12.1. The van der Waals surface area contributed by atoms with Gasteiger partial charge in [-0.2, -0.15) is 5.26 Å². The molecule has 0 saturated carbocycles. The van der Waals surface area contributed by atoms with Gasteiger partial charge in [-0.25, -0.2) is 0 Å². The summed E-state index contributed by atoms with van der Waals surface area (Å²) in [5, 5.41) is 18.9. The maximum Gasteiger partial charge on any atom is 0.173 e. The Hall–Kier alpha value is -0.790. The van der Waals surface area contributed by atoms with Crippen LogP contribution in [0.25, 0.3) is 0 Å². The van der Waals surface area contributed by atoms with Gasteiger partial charge in [-0.3, -0.25) is 4.79 Å². The molecule has 1 rings (SSSR count). The number of carbonyl (C=O) groups excluding carboxylic acids is 1. The fourth-order valence-corrected chi connectivity index (χ4v) is 1.36. The van der Waals surface area contributed by atoms with Crippen LogP contribution in [0.15, 0.2) is 35.6 Å². The van der Waals surface area contributed by atoms with Gasteiger partial charge in [-0.05, 0) is 24.6 Å². The van der Waals surface area contributed by atoms with Gasteiger partial charge in [0.1, 0.15) is 17.4 Å². The number of nitriles is 1. The quantitative estimate of drug-likeness (QED) is 0.392. The topological polar surface area (TPSA) is 61.1 Å². The number of halogens is 1. The first kappa shape index (κ1) is 16.2. The predicted octanol–water partition coefficient (Wildman–Crippen LogP) is 2.43. The summed E-state index contributed by atoms with van der Waals surface area (Å²) in [6, 6.07) is 8.52. The Labute approximate surface area is 127 Å². The molecule has 0 aromatic heterocycles. The van der Waals surface area contributed by atoms with Crippen LogP contribution in [0.4, 0.5) is 0 Å². The molecule has 0 saturated heterocycles. The normalized spacial score (nSPS) is 10.9. The van der Waals surface area contributed by atoms with Gasteiger partial charge in [0.25, 0.3) is 0 Å². The Morgan fingerprint density at radius 3 is 2.35 bits per heavy atom. The van der Waals surface area contributed by atoms with Crippen LogP contribution in [0.3, 0.4) is 0 Å². The monoisotopic (exact) mass is 258 g/mol. The molecule has 1 aromatic rings. The van der Waals surface area contributed by atoms with Crippen molar-refractivity contribution in [3.05, 3.63) is 46.2 Å². The first-order chi connectivity index (χ1) is 7.54. The number of nitrogens with zero attached hydrogens (tertiary/aromatic N) is 1. The molecule has 0 amide bonds. The van der Waals surface area contributed by atoms with Gasteiger partial charge in [-0.1, -0.05) is 23.7 Å². The second kappa shape index (κ2) is 7.52. The number of allylic oxidation sites excluding steroid dienone is 2. The number of carbonyl (C=O) groups is 1. The third-order valence-electron chi connectivity index (χ3n) is 2.04. The van der Waals surface area contributed by atoms with Crippen LogP contribution in [-0.2, 0) is 11.2 Å². The molecule has 0 aliphatic heterocycles. The summed E-state index contributed by atoms with van der Waals surface area (Å²) >= 11 is 5.71. The van der Waals surface area contributed by atoms with E-state index in [0.717, 1.165) is 5.56 Å². The second-order valence-electron chi connectivity index (χ2n) is 3.29. The minimum absolute atomic E-state index is 0. The van der Waals surface area contributed by atoms with Crippen molar-refractivity contribution in [1.82, 2.24) is 0 Å². The van der Waals surface area contributed by atoms with E-state index in [1.165, 1.54) is 6.92 Å². The number of aliphatic hydroxyl groups is 1. The largest absolute Gasteiger partial charge is 0.510 e. The number of hydrogen-bond donors (Lipinski definition) is 1. The molecule has 0 bridgehead atoms. The molecule has 0 unspecified atom stereocenters. The molecule has 5 heteroatoms. The van der Waals surface area contributed by atoms with E-state index in [2.05, 4.69) is 0 Å². The first-order valence-corrected chi connectivity index (χ1v) is 5.00. The first-order valence-electron chi connectivity index (χ1n) is 4.62. The van der Waals surface area contributed by atoms with Crippen LogP contribution in [0, 0.1) is 11.3 Å². The van der Waals surface area contributed by atoms with E-state index in [9.17, 15) is 9.90 Å². The number of aliphatic hydroxyl groups excluding tert-OH is 1. The standard InChI is InChI=1S/C12H10ClNO2.Na/c1-8(15)11(7-14)12(16)6-9-2-4-10(13)5-3-9;/h2-5,16H,6H2,1H3;. The molecule has 0 atom stereocenters. The fraction of sp³-hybridized carbons (Fsp3) is 0.167. The molecule has 17 heavy (non-hydrogen) atoms. The van der Waals surface area contributed by atoms with Gasteiger partial charge in [0.05, 0.1) is 0 Å². The van der Waals surface area contributed by atoms with E-state index >= 15 is 0 Å². The maximum atomic E-state index is 11.0. The SMILES string of the molecule is CC(=O)C(C#N)=C(O)Cc1ccc(Cl)cc1.[Na]. The molecule has 0 spiro atoms. The molecule has 0 heterocycles. The van der Waals surface area contributed by atoms with Gasteiger partial charge in [0.2, 0.25) is 0 Å². The molecule has 0 fully saturated rings. The van der Waals surface area contributed by atoms with E-state index < -0.39 is 5.78 Å². The van der Waals surface area contributed by atoms with Crippen molar-refractivity contribution in [3.8, 4) is 6.07 Å². The van der Waals surface area contributed by atoms with E-state index in [-0.39, 0.29) is 47.3 Å². The number of ketones is 1. The molecule has 0 aliphatic carbocycles. The molecular formula is C12H10ClNNaO2. The number of hydrogen-bond acceptors (Lipinski definition) is 3. The van der Waals surface area contributed by atoms with Crippen LogP contribution in [0.5, 0.6) is 0 Å². The van der Waals surface area contributed by atoms with Crippen molar-refractivity contribution in [2.45, 2.75) is 13.3 Å². The van der Waals surface area contributed by atoms with Crippen molar-refractivity contribution in [2.24, 2.45) is 0 Å². The zero-order valence-corrected chi connectivity index (χ0v) is 12.5. The van der Waals surface area contributed by atoms with Crippen LogP contribution >= 0.6 is 11.6 Å². The van der Waals surface area contributed by atoms with Gasteiger partial charge < -0.3 is 5.11 Å². The smallest absolute Gasteiger partial charge is 0.173 e. The molecule has 1 radical (unpaired) electrons. The van der Waals surface area contributed by atoms with Crippen LogP contribution in [-0.4, -0.2) is 40.4 Å². The van der Waals surface area contributed by atoms with E-state index in [1.807, 2.05) is 0 Å². The summed E-state index contributed by atoms with van der Waals surface area (Å²) in [5.74, 6) is -0.647. The van der Waals surface area contributed by atoms with Crippen molar-refractivity contribution >= 4 is 46.9 Å². The van der Waals surface area contributed by atoms with E-state index in [1.54, 1.807) is 30.3 Å². The average Bonchev–Trinajstić information content (AvgIpc) is 2.22. The van der Waals surface area contributed by atoms with Gasteiger partial charge >= 0.3 is 0 Å². The molecule has 0 aliphatic rings. The summed E-state index contributed by atoms with van der Waals surface area (Å²) in [6.07, 6.45) is 0.152. The average molecular weight is 259 g/mol. The van der Waals surface area contributed by atoms with Crippen molar-refractivity contribution in [2.75, 3.05) is 0 Å². The Kier molecular flexibility index (Phi) is 7.17. The Bertz CT molecular complexity index is 474. The van der Waals surface area contributed by atoms with E-state index in [4.69, 9.17) is 16.9 Å². The number of Topliss-reactive ketones (excluding diaryl/α,β-unsaturated/α-hetero) is 1. The molecule has 1 aromatic carbocycles. The Morgan fingerprint density at radius 2 is 1.94 bits per heavy atom. The Morgan fingerprint density at radius 1 is 1.41 bits per heavy atom. The summed E-state index contributed by atoms with van der Waals surface area (Å²) in [6.45, 7) is 1.25. The van der Waals surface area contributed by atoms with Gasteiger partial charge in [-0.15, -0.1) is 0 Å². The maximum absolute atomic E-state index is 11.0. The second-order valence-corrected chi connectivity index (χ2v) is 3.73. The van der Waals surface area contributed by atoms with Crippen molar-refractivity contribution in [1.29, 1.82) is 5.26 Å².